The molecule has 2 amide bonds. The normalized spacial score (nSPS) is 20.7. The molecule has 1 aromatic heterocycles. The van der Waals surface area contributed by atoms with Gasteiger partial charge in [0.1, 0.15) is 5.82 Å². The number of hydrogen-bond donors (Lipinski definition) is 2. The van der Waals surface area contributed by atoms with Gasteiger partial charge in [0, 0.05) is 24.8 Å². The number of aliphatic carboxylic acids is 1. The second-order valence-corrected chi connectivity index (χ2v) is 7.90. The van der Waals surface area contributed by atoms with E-state index in [0.717, 1.165) is 0 Å². The van der Waals surface area contributed by atoms with Crippen LogP contribution < -0.4 is 19.9 Å². The number of carbonyl (C=O) groups is 2. The lowest BCUT2D eigenvalue weighted by Crippen LogP contribution is -2.53. The second-order valence-electron chi connectivity index (χ2n) is 7.90. The number of hydrogen-bond acceptors (Lipinski definition) is 6. The van der Waals surface area contributed by atoms with E-state index in [4.69, 9.17) is 4.74 Å². The number of carboxylic acid groups (broad SMARTS) is 1. The van der Waals surface area contributed by atoms with Gasteiger partial charge < -0.3 is 15.2 Å². The third-order valence-corrected chi connectivity index (χ3v) is 6.00. The standard InChI is InChI=1S/C22H26FN5O4/c1-3-32-17-6-4-5-16(18(17)23)27-12-14-11-25-21(24-2)26-19(14)28(22(27)31)15-9-7-13(8-10-15)20(29)30/h4-6,11,13,15H,3,7-10,12H2,1-2H3,(H,29,30)(H,24,25,26). The molecule has 170 valence electrons. The van der Waals surface area contributed by atoms with Gasteiger partial charge in [-0.05, 0) is 44.7 Å². The molecule has 10 heteroatoms. The Morgan fingerprint density at radius 3 is 2.72 bits per heavy atom. The maximum atomic E-state index is 15.2. The van der Waals surface area contributed by atoms with Gasteiger partial charge in [-0.1, -0.05) is 6.07 Å². The Bertz CT molecular complexity index is 1030. The summed E-state index contributed by atoms with van der Waals surface area (Å²) >= 11 is 0. The van der Waals surface area contributed by atoms with Crippen LogP contribution in [-0.4, -0.2) is 46.8 Å². The van der Waals surface area contributed by atoms with Crippen LogP contribution in [0.1, 0.15) is 38.2 Å². The number of rotatable bonds is 6. The molecule has 0 saturated heterocycles. The Kier molecular flexibility index (Phi) is 6.11. The Morgan fingerprint density at radius 2 is 2.06 bits per heavy atom. The van der Waals surface area contributed by atoms with E-state index in [0.29, 0.717) is 49.6 Å². The molecule has 32 heavy (non-hydrogen) atoms. The van der Waals surface area contributed by atoms with Crippen molar-refractivity contribution in [3.8, 4) is 5.75 Å². The van der Waals surface area contributed by atoms with Crippen LogP contribution in [0.15, 0.2) is 24.4 Å². The van der Waals surface area contributed by atoms with Crippen molar-refractivity contribution in [2.24, 2.45) is 5.92 Å². The summed E-state index contributed by atoms with van der Waals surface area (Å²) in [6.07, 6.45) is 3.62. The molecule has 0 spiro atoms. The van der Waals surface area contributed by atoms with Crippen molar-refractivity contribution in [2.75, 3.05) is 28.8 Å². The maximum Gasteiger partial charge on any atom is 0.330 e. The third kappa shape index (κ3) is 3.92. The quantitative estimate of drug-likeness (QED) is 0.702. The average molecular weight is 443 g/mol. The summed E-state index contributed by atoms with van der Waals surface area (Å²) in [7, 11) is 1.69. The van der Waals surface area contributed by atoms with Gasteiger partial charge in [-0.15, -0.1) is 0 Å². The number of halogens is 1. The summed E-state index contributed by atoms with van der Waals surface area (Å²) < 4.78 is 20.5. The lowest BCUT2D eigenvalue weighted by molar-refractivity contribution is -0.142. The molecule has 1 aromatic carbocycles. The van der Waals surface area contributed by atoms with Crippen molar-refractivity contribution >= 4 is 29.5 Å². The summed E-state index contributed by atoms with van der Waals surface area (Å²) in [5.41, 5.74) is 0.804. The first-order chi connectivity index (χ1) is 15.4. The van der Waals surface area contributed by atoms with Crippen LogP contribution in [0.3, 0.4) is 0 Å². The first-order valence-corrected chi connectivity index (χ1v) is 10.7. The topological polar surface area (TPSA) is 108 Å². The van der Waals surface area contributed by atoms with Crippen LogP contribution in [0.5, 0.6) is 5.75 Å². The minimum Gasteiger partial charge on any atom is -0.491 e. The molecule has 0 unspecified atom stereocenters. The molecular weight excluding hydrogens is 417 g/mol. The Hall–Kier alpha value is -3.43. The van der Waals surface area contributed by atoms with Crippen molar-refractivity contribution in [3.05, 3.63) is 35.8 Å². The highest BCUT2D eigenvalue weighted by atomic mass is 19.1. The fraction of sp³-hybridized carbons (Fsp3) is 0.455. The van der Waals surface area contributed by atoms with Crippen LogP contribution in [0.2, 0.25) is 0 Å². The molecule has 0 atom stereocenters. The molecule has 0 radical (unpaired) electrons. The molecule has 1 saturated carbocycles. The summed E-state index contributed by atoms with van der Waals surface area (Å²) in [6, 6.07) is 4.08. The van der Waals surface area contributed by atoms with Gasteiger partial charge in [-0.25, -0.2) is 14.2 Å². The molecule has 2 N–H and O–H groups in total. The van der Waals surface area contributed by atoms with E-state index in [2.05, 4.69) is 15.3 Å². The van der Waals surface area contributed by atoms with Crippen LogP contribution in [0.25, 0.3) is 0 Å². The number of urea groups is 1. The van der Waals surface area contributed by atoms with Gasteiger partial charge in [-0.2, -0.15) is 4.98 Å². The third-order valence-electron chi connectivity index (χ3n) is 6.00. The van der Waals surface area contributed by atoms with Gasteiger partial charge in [0.05, 0.1) is 24.8 Å². The van der Waals surface area contributed by atoms with Gasteiger partial charge in [0.15, 0.2) is 11.6 Å². The van der Waals surface area contributed by atoms with E-state index in [9.17, 15) is 14.7 Å². The predicted octanol–water partition coefficient (Wildman–Crippen LogP) is 3.65. The predicted molar refractivity (Wildman–Crippen MR) is 117 cm³/mol. The minimum absolute atomic E-state index is 0.0823. The number of fused-ring (bicyclic) bond motifs is 1. The average Bonchev–Trinajstić information content (AvgIpc) is 2.80. The highest BCUT2D eigenvalue weighted by Gasteiger charge is 2.40. The molecule has 1 aliphatic carbocycles. The Morgan fingerprint density at radius 1 is 1.31 bits per heavy atom. The highest BCUT2D eigenvalue weighted by Crippen LogP contribution is 2.38. The molecule has 2 aromatic rings. The zero-order valence-corrected chi connectivity index (χ0v) is 18.0. The minimum atomic E-state index is -0.815. The van der Waals surface area contributed by atoms with Crippen LogP contribution in [-0.2, 0) is 11.3 Å². The summed E-state index contributed by atoms with van der Waals surface area (Å²) in [6.45, 7) is 2.18. The molecular formula is C22H26FN5O4. The van der Waals surface area contributed by atoms with Crippen molar-refractivity contribution < 1.29 is 23.8 Å². The zero-order valence-electron chi connectivity index (χ0n) is 18.0. The van der Waals surface area contributed by atoms with Gasteiger partial charge in [-0.3, -0.25) is 14.6 Å². The Labute approximate surface area is 185 Å². The second kappa shape index (κ2) is 8.97. The van der Waals surface area contributed by atoms with Crippen LogP contribution in [0.4, 0.5) is 26.6 Å². The molecule has 0 bridgehead atoms. The smallest absolute Gasteiger partial charge is 0.330 e. The lowest BCUT2D eigenvalue weighted by Gasteiger charge is -2.42. The Balaban J connectivity index is 1.73. The maximum absolute atomic E-state index is 15.2. The fourth-order valence-corrected chi connectivity index (χ4v) is 4.37. The number of benzene rings is 1. The number of aromatic nitrogens is 2. The van der Waals surface area contributed by atoms with Crippen molar-refractivity contribution in [1.82, 2.24) is 9.97 Å². The lowest BCUT2D eigenvalue weighted by atomic mass is 9.85. The summed E-state index contributed by atoms with van der Waals surface area (Å²) in [5.74, 6) is -0.901. The number of nitrogens with zero attached hydrogens (tertiary/aromatic N) is 4. The van der Waals surface area contributed by atoms with Crippen molar-refractivity contribution in [3.63, 3.8) is 0 Å². The van der Waals surface area contributed by atoms with Gasteiger partial charge in [0.2, 0.25) is 5.95 Å². The van der Waals surface area contributed by atoms with Crippen LogP contribution in [0, 0.1) is 11.7 Å². The van der Waals surface area contributed by atoms with E-state index < -0.39 is 23.7 Å². The van der Waals surface area contributed by atoms with E-state index in [-0.39, 0.29) is 24.0 Å². The van der Waals surface area contributed by atoms with Gasteiger partial charge >= 0.3 is 12.0 Å². The van der Waals surface area contributed by atoms with Crippen LogP contribution >= 0.6 is 0 Å². The molecule has 2 heterocycles. The molecule has 9 nitrogen and oxygen atoms in total. The fourth-order valence-electron chi connectivity index (χ4n) is 4.37. The number of carbonyl (C=O) groups excluding carboxylic acids is 1. The molecule has 1 aliphatic heterocycles. The highest BCUT2D eigenvalue weighted by molar-refractivity contribution is 6.06. The number of anilines is 3. The summed E-state index contributed by atoms with van der Waals surface area (Å²) in [4.78, 5) is 36.8. The number of carboxylic acids is 1. The van der Waals surface area contributed by atoms with Crippen molar-refractivity contribution in [2.45, 2.75) is 45.2 Å². The zero-order chi connectivity index (χ0) is 22.8. The van der Waals surface area contributed by atoms with E-state index in [1.54, 1.807) is 37.2 Å². The molecule has 4 rings (SSSR count). The molecule has 2 aliphatic rings. The largest absolute Gasteiger partial charge is 0.491 e. The number of nitrogens with one attached hydrogen (secondary N) is 1. The first kappa shape index (κ1) is 21.8. The van der Waals surface area contributed by atoms with E-state index in [1.807, 2.05) is 0 Å². The van der Waals surface area contributed by atoms with Gasteiger partial charge in [0.25, 0.3) is 0 Å². The van der Waals surface area contributed by atoms with E-state index >= 15 is 4.39 Å². The molecule has 1 fully saturated rings. The van der Waals surface area contributed by atoms with E-state index in [1.165, 1.54) is 11.0 Å². The SMILES string of the molecule is CCOc1cccc(N2Cc3cnc(NC)nc3N(C3CCC(C(=O)O)CC3)C2=O)c1F. The number of amides is 2. The number of ether oxygens (including phenoxy) is 1. The first-order valence-electron chi connectivity index (χ1n) is 10.7. The van der Waals surface area contributed by atoms with Crippen molar-refractivity contribution in [1.29, 1.82) is 0 Å². The summed E-state index contributed by atoms with van der Waals surface area (Å²) in [5, 5.41) is 12.2. The monoisotopic (exact) mass is 443 g/mol.